The van der Waals surface area contributed by atoms with Gasteiger partial charge in [-0.3, -0.25) is 0 Å². The van der Waals surface area contributed by atoms with E-state index in [0.717, 1.165) is 121 Å². The van der Waals surface area contributed by atoms with Gasteiger partial charge >= 0.3 is 0 Å². The van der Waals surface area contributed by atoms with E-state index in [2.05, 4.69) is 345 Å². The summed E-state index contributed by atoms with van der Waals surface area (Å²) >= 11 is 7.42. The van der Waals surface area contributed by atoms with Gasteiger partial charge in [0.1, 0.15) is 23.0 Å². The second kappa shape index (κ2) is 30.2. The highest BCUT2D eigenvalue weighted by Gasteiger charge is 2.28. The van der Waals surface area contributed by atoms with Crippen LogP contribution < -0.4 is 34.1 Å². The smallest absolute Gasteiger partial charge is 0.119 e. The summed E-state index contributed by atoms with van der Waals surface area (Å²) in [5.74, 6) is 4.71. The molecule has 98 heavy (non-hydrogen) atoms. The molecule has 12 aromatic rings. The Hall–Kier alpha value is -8.76. The van der Waals surface area contributed by atoms with Gasteiger partial charge in [0.15, 0.2) is 0 Å². The molecule has 0 aliphatic carbocycles. The number of fused-ring (bicyclic) bond motifs is 4. The van der Waals surface area contributed by atoms with E-state index in [1.54, 1.807) is 28.4 Å². The summed E-state index contributed by atoms with van der Waals surface area (Å²) in [6.45, 7) is 33.7. The molecular formula is C89H97Br2N3O4. The van der Waals surface area contributed by atoms with Crippen LogP contribution >= 0.6 is 31.9 Å². The molecule has 0 radical (unpaired) electrons. The van der Waals surface area contributed by atoms with Crippen LogP contribution in [0.5, 0.6) is 23.0 Å². The molecule has 0 amide bonds. The Labute approximate surface area is 600 Å². The lowest BCUT2D eigenvalue weighted by Gasteiger charge is -2.33. The standard InChI is InChI=1S/C54H60N2O2.C19H25N.C16H12Br2O2/c1-35(2)37-13-21-41(22-14-37)55(43-25-17-39(18-26-43)53(5,6)7)51-47-31-29-46(58-12)34-50(47)52(48-32-30-45(57-11)33-49(48)51)56(42-23-15-38(16-24-42)36(3)4)44-27-19-40(20-28-44)54(8,9)10;1-14(2)15-6-10-17(11-7-15)20-18-12-8-16(9-13-18)19(3,4)5;1-19-9-3-5-11-13(7-9)15(17)12-6-4-10(20-2)8-14(12)16(11)18/h13-36H,1-12H3;6-14,20H,1-5H3;3-8H,1-2H3. The molecule has 0 fully saturated rings. The maximum atomic E-state index is 6.01. The Morgan fingerprint density at radius 2 is 0.520 bits per heavy atom. The van der Waals surface area contributed by atoms with Crippen LogP contribution in [-0.4, -0.2) is 28.4 Å². The minimum atomic E-state index is 0.0230. The predicted octanol–water partition coefficient (Wildman–Crippen LogP) is 27.2. The number of anilines is 8. The topological polar surface area (TPSA) is 55.4 Å². The summed E-state index contributed by atoms with van der Waals surface area (Å²) in [6.07, 6.45) is 0. The van der Waals surface area contributed by atoms with Gasteiger partial charge in [-0.2, -0.15) is 0 Å². The zero-order chi connectivity index (χ0) is 70.5. The number of halogens is 2. The van der Waals surface area contributed by atoms with Crippen molar-refractivity contribution in [2.24, 2.45) is 0 Å². The zero-order valence-electron chi connectivity index (χ0n) is 60.8. The van der Waals surface area contributed by atoms with Crippen molar-refractivity contribution in [3.63, 3.8) is 0 Å². The van der Waals surface area contributed by atoms with Crippen molar-refractivity contribution in [2.45, 2.75) is 138 Å². The Kier molecular flexibility index (Phi) is 22.2. The minimum Gasteiger partial charge on any atom is -0.497 e. The molecule has 0 saturated carbocycles. The second-order valence-corrected chi connectivity index (χ2v) is 31.0. The quantitative estimate of drug-likeness (QED) is 0.0811. The summed E-state index contributed by atoms with van der Waals surface area (Å²) in [5, 5.41) is 12.3. The van der Waals surface area contributed by atoms with E-state index < -0.39 is 0 Å². The number of nitrogens with zero attached hydrogens (tertiary/aromatic N) is 2. The normalized spacial score (nSPS) is 11.8. The van der Waals surface area contributed by atoms with Gasteiger partial charge in [0, 0.05) is 75.4 Å². The SMILES string of the molecule is CC(C)c1ccc(Nc2ccc(C(C)(C)C)cc2)cc1.COc1ccc2c(Br)c3cc(OC)ccc3c(Br)c2c1.COc1ccc2c(N(c3ccc(C(C)C)cc3)c3ccc(C(C)(C)C)cc3)c3cc(OC)ccc3c(N(c3ccc(C(C)C)cc3)c3ccc(C(C)(C)C)cc3)c2c1. The minimum absolute atomic E-state index is 0.0230. The fourth-order valence-electron chi connectivity index (χ4n) is 12.4. The summed E-state index contributed by atoms with van der Waals surface area (Å²) in [4.78, 5) is 4.85. The molecule has 0 spiro atoms. The summed E-state index contributed by atoms with van der Waals surface area (Å²) in [7, 11) is 6.85. The highest BCUT2D eigenvalue weighted by molar-refractivity contribution is 9.11. The molecule has 12 aromatic carbocycles. The van der Waals surface area contributed by atoms with Gasteiger partial charge in [0.05, 0.1) is 39.8 Å². The largest absolute Gasteiger partial charge is 0.497 e. The number of rotatable bonds is 15. The van der Waals surface area contributed by atoms with Crippen LogP contribution in [0.15, 0.2) is 227 Å². The Bertz CT molecular complexity index is 4460. The molecular weight excluding hydrogens is 1330 g/mol. The third-order valence-electron chi connectivity index (χ3n) is 18.6. The summed E-state index contributed by atoms with van der Waals surface area (Å²) in [6, 6.07) is 78.8. The third-order valence-corrected chi connectivity index (χ3v) is 20.3. The fourth-order valence-corrected chi connectivity index (χ4v) is 13.8. The zero-order valence-corrected chi connectivity index (χ0v) is 64.0. The number of benzene rings is 12. The molecule has 0 bridgehead atoms. The van der Waals surface area contributed by atoms with Crippen molar-refractivity contribution in [1.82, 2.24) is 0 Å². The van der Waals surface area contributed by atoms with Crippen LogP contribution in [-0.2, 0) is 16.2 Å². The predicted molar refractivity (Wildman–Crippen MR) is 428 cm³/mol. The number of methoxy groups -OCH3 is 4. The number of hydrogen-bond acceptors (Lipinski definition) is 7. The molecule has 0 atom stereocenters. The van der Waals surface area contributed by atoms with Gasteiger partial charge < -0.3 is 34.1 Å². The number of ether oxygens (including phenoxy) is 4. The number of hydrogen-bond donors (Lipinski definition) is 1. The average Bonchev–Trinajstić information content (AvgIpc) is 0.722. The highest BCUT2D eigenvalue weighted by atomic mass is 79.9. The van der Waals surface area contributed by atoms with E-state index in [9.17, 15) is 0 Å². The van der Waals surface area contributed by atoms with E-state index in [1.165, 1.54) is 33.4 Å². The summed E-state index contributed by atoms with van der Waals surface area (Å²) < 4.78 is 24.8. The van der Waals surface area contributed by atoms with Crippen LogP contribution in [0.25, 0.3) is 43.1 Å². The first kappa shape index (κ1) is 72.0. The van der Waals surface area contributed by atoms with Crippen molar-refractivity contribution in [3.05, 3.63) is 261 Å². The fraction of sp³-hybridized carbons (Fsp3) is 0.281. The monoisotopic (exact) mass is 1430 g/mol. The second-order valence-electron chi connectivity index (χ2n) is 29.5. The van der Waals surface area contributed by atoms with Crippen LogP contribution in [0, 0.1) is 0 Å². The van der Waals surface area contributed by atoms with Crippen LogP contribution in [0.3, 0.4) is 0 Å². The third kappa shape index (κ3) is 16.0. The Morgan fingerprint density at radius 3 is 0.786 bits per heavy atom. The molecule has 0 unspecified atom stereocenters. The van der Waals surface area contributed by atoms with Crippen LogP contribution in [0.1, 0.15) is 155 Å². The lowest BCUT2D eigenvalue weighted by Crippen LogP contribution is -2.16. The van der Waals surface area contributed by atoms with Gasteiger partial charge in [-0.1, -0.05) is 177 Å². The first-order valence-electron chi connectivity index (χ1n) is 34.1. The molecule has 0 aliphatic heterocycles. The maximum Gasteiger partial charge on any atom is 0.119 e. The first-order valence-corrected chi connectivity index (χ1v) is 35.7. The molecule has 7 nitrogen and oxygen atoms in total. The summed E-state index contributed by atoms with van der Waals surface area (Å²) in [5.41, 5.74) is 16.9. The molecule has 9 heteroatoms. The van der Waals surface area contributed by atoms with E-state index >= 15 is 0 Å². The van der Waals surface area contributed by atoms with Crippen molar-refractivity contribution in [1.29, 1.82) is 0 Å². The Morgan fingerprint density at radius 1 is 0.286 bits per heavy atom. The van der Waals surface area contributed by atoms with Crippen molar-refractivity contribution < 1.29 is 18.9 Å². The lowest BCUT2D eigenvalue weighted by atomic mass is 9.87. The highest BCUT2D eigenvalue weighted by Crippen LogP contribution is 2.53. The van der Waals surface area contributed by atoms with Crippen LogP contribution in [0.4, 0.5) is 45.5 Å². The molecule has 12 rings (SSSR count). The van der Waals surface area contributed by atoms with E-state index in [1.807, 2.05) is 24.3 Å². The van der Waals surface area contributed by atoms with Crippen LogP contribution in [0.2, 0.25) is 0 Å². The van der Waals surface area contributed by atoms with Gasteiger partial charge in [-0.15, -0.1) is 0 Å². The van der Waals surface area contributed by atoms with E-state index in [-0.39, 0.29) is 16.2 Å². The maximum absolute atomic E-state index is 6.01. The first-order chi connectivity index (χ1) is 46.6. The van der Waals surface area contributed by atoms with E-state index in [0.29, 0.717) is 17.8 Å². The number of nitrogens with one attached hydrogen (secondary N) is 1. The van der Waals surface area contributed by atoms with Gasteiger partial charge in [-0.05, 0) is 256 Å². The molecule has 0 heterocycles. The van der Waals surface area contributed by atoms with Crippen molar-refractivity contribution in [3.8, 4) is 23.0 Å². The lowest BCUT2D eigenvalue weighted by molar-refractivity contribution is 0.415. The molecule has 0 saturated heterocycles. The van der Waals surface area contributed by atoms with Gasteiger partial charge in [0.2, 0.25) is 0 Å². The van der Waals surface area contributed by atoms with Crippen molar-refractivity contribution >= 4 is 120 Å². The molecule has 0 aliphatic rings. The molecule has 1 N–H and O–H groups in total. The van der Waals surface area contributed by atoms with E-state index in [4.69, 9.17) is 18.9 Å². The molecule has 0 aromatic heterocycles. The van der Waals surface area contributed by atoms with Gasteiger partial charge in [-0.25, -0.2) is 0 Å². The Balaban J connectivity index is 0.000000209. The van der Waals surface area contributed by atoms with Gasteiger partial charge in [0.25, 0.3) is 0 Å². The average molecular weight is 1430 g/mol. The molecule has 506 valence electrons. The van der Waals surface area contributed by atoms with Crippen molar-refractivity contribution in [2.75, 3.05) is 43.6 Å².